The Balaban J connectivity index is 2.72. The molecule has 0 unspecified atom stereocenters. The summed E-state index contributed by atoms with van der Waals surface area (Å²) in [5.74, 6) is 0.0556. The normalized spacial score (nSPS) is 16.9. The van der Waals surface area contributed by atoms with Crippen molar-refractivity contribution in [1.82, 2.24) is 4.90 Å². The third kappa shape index (κ3) is 7.20. The second-order valence-electron chi connectivity index (χ2n) is 6.63. The van der Waals surface area contributed by atoms with Crippen LogP contribution in [0.4, 0.5) is 4.79 Å². The van der Waals surface area contributed by atoms with Crippen LogP contribution in [-0.4, -0.2) is 41.7 Å². The van der Waals surface area contributed by atoms with Gasteiger partial charge in [0.25, 0.3) is 0 Å². The summed E-state index contributed by atoms with van der Waals surface area (Å²) in [6, 6.07) is 0.233. The van der Waals surface area contributed by atoms with Gasteiger partial charge in [-0.15, -0.1) is 0 Å². The zero-order valence-corrected chi connectivity index (χ0v) is 13.6. The van der Waals surface area contributed by atoms with Gasteiger partial charge >= 0.3 is 6.09 Å². The lowest BCUT2D eigenvalue weighted by atomic mass is 10.1. The van der Waals surface area contributed by atoms with Crippen LogP contribution < -0.4 is 11.5 Å². The van der Waals surface area contributed by atoms with Crippen LogP contribution in [0.25, 0.3) is 0 Å². The van der Waals surface area contributed by atoms with Gasteiger partial charge in [0.1, 0.15) is 5.60 Å². The Hall–Kier alpha value is -1.46. The van der Waals surface area contributed by atoms with E-state index in [1.165, 1.54) is 12.8 Å². The molecule has 0 aromatic rings. The number of guanidine groups is 1. The number of nitrogens with zero attached hydrogens (tertiary/aromatic N) is 2. The third-order valence-corrected chi connectivity index (χ3v) is 3.53. The van der Waals surface area contributed by atoms with Crippen molar-refractivity contribution in [2.45, 2.75) is 70.9 Å². The molecule has 0 aliphatic heterocycles. The molecule has 0 aromatic carbocycles. The van der Waals surface area contributed by atoms with Crippen LogP contribution in [0, 0.1) is 0 Å². The van der Waals surface area contributed by atoms with E-state index in [0.717, 1.165) is 25.7 Å². The van der Waals surface area contributed by atoms with Crippen LogP contribution >= 0.6 is 0 Å². The largest absolute Gasteiger partial charge is 0.444 e. The molecule has 0 spiro atoms. The number of aliphatic imine (C=N–C) groups is 1. The fraction of sp³-hybridized carbons (Fsp3) is 0.867. The molecule has 6 heteroatoms. The summed E-state index contributed by atoms with van der Waals surface area (Å²) in [6.07, 6.45) is 6.60. The summed E-state index contributed by atoms with van der Waals surface area (Å²) < 4.78 is 5.53. The van der Waals surface area contributed by atoms with Gasteiger partial charge in [-0.1, -0.05) is 25.7 Å². The maximum Gasteiger partial charge on any atom is 0.410 e. The molecule has 0 aromatic heterocycles. The number of carbonyl (C=O) groups excluding carboxylic acids is 1. The van der Waals surface area contributed by atoms with E-state index in [4.69, 9.17) is 16.2 Å². The smallest absolute Gasteiger partial charge is 0.410 e. The van der Waals surface area contributed by atoms with Crippen molar-refractivity contribution < 1.29 is 9.53 Å². The molecule has 0 atom stereocenters. The third-order valence-electron chi connectivity index (χ3n) is 3.53. The van der Waals surface area contributed by atoms with Gasteiger partial charge in [-0.2, -0.15) is 0 Å². The van der Waals surface area contributed by atoms with Crippen molar-refractivity contribution in [3.8, 4) is 0 Å². The van der Waals surface area contributed by atoms with Crippen molar-refractivity contribution in [1.29, 1.82) is 0 Å². The molecule has 6 nitrogen and oxygen atoms in total. The molecule has 4 N–H and O–H groups in total. The predicted molar refractivity (Wildman–Crippen MR) is 85.1 cm³/mol. The van der Waals surface area contributed by atoms with Crippen LogP contribution in [0.1, 0.15) is 59.3 Å². The van der Waals surface area contributed by atoms with Gasteiger partial charge in [-0.05, 0) is 33.6 Å². The van der Waals surface area contributed by atoms with Gasteiger partial charge in [0.15, 0.2) is 5.96 Å². The Kier molecular flexibility index (Phi) is 6.78. The monoisotopic (exact) mass is 298 g/mol. The van der Waals surface area contributed by atoms with Gasteiger partial charge in [0, 0.05) is 12.6 Å². The first-order chi connectivity index (χ1) is 9.79. The fourth-order valence-corrected chi connectivity index (χ4v) is 2.60. The SMILES string of the molecule is CC(C)(C)OC(=O)N(CCN=C(N)N)C1CCCCCC1. The Bertz CT molecular complexity index is 351. The quantitative estimate of drug-likeness (QED) is 0.473. The zero-order chi connectivity index (χ0) is 15.9. The molecule has 0 bridgehead atoms. The van der Waals surface area contributed by atoms with Gasteiger partial charge < -0.3 is 21.1 Å². The van der Waals surface area contributed by atoms with Gasteiger partial charge in [0.2, 0.25) is 0 Å². The number of rotatable bonds is 4. The molecule has 0 heterocycles. The summed E-state index contributed by atoms with van der Waals surface area (Å²) in [5, 5.41) is 0. The van der Waals surface area contributed by atoms with E-state index in [1.807, 2.05) is 25.7 Å². The average molecular weight is 298 g/mol. The number of hydrogen-bond donors (Lipinski definition) is 2. The average Bonchev–Trinajstić information content (AvgIpc) is 2.60. The molecule has 21 heavy (non-hydrogen) atoms. The molecular weight excluding hydrogens is 268 g/mol. The maximum atomic E-state index is 12.4. The molecule has 1 rings (SSSR count). The highest BCUT2D eigenvalue weighted by Gasteiger charge is 2.28. The standard InChI is InChI=1S/C15H30N4O2/c1-15(2,3)21-14(20)19(11-10-18-13(16)17)12-8-6-4-5-7-9-12/h12H,4-11H2,1-3H3,(H4,16,17,18). The highest BCUT2D eigenvalue weighted by atomic mass is 16.6. The molecule has 1 amide bonds. The summed E-state index contributed by atoms with van der Waals surface area (Å²) in [4.78, 5) is 18.2. The molecule has 122 valence electrons. The lowest BCUT2D eigenvalue weighted by molar-refractivity contribution is 0.0152. The molecule has 0 saturated heterocycles. The highest BCUT2D eigenvalue weighted by Crippen LogP contribution is 2.23. The Labute approximate surface area is 127 Å². The number of hydrogen-bond acceptors (Lipinski definition) is 3. The van der Waals surface area contributed by atoms with Gasteiger partial charge in [-0.25, -0.2) is 4.79 Å². The topological polar surface area (TPSA) is 93.9 Å². The van der Waals surface area contributed by atoms with Gasteiger partial charge in [-0.3, -0.25) is 4.99 Å². The molecule has 1 fully saturated rings. The van der Waals surface area contributed by atoms with Crippen molar-refractivity contribution >= 4 is 12.1 Å². The second kappa shape index (κ2) is 8.10. The first-order valence-corrected chi connectivity index (χ1v) is 7.84. The Morgan fingerprint density at radius 2 is 1.76 bits per heavy atom. The second-order valence-corrected chi connectivity index (χ2v) is 6.63. The molecule has 1 aliphatic carbocycles. The first-order valence-electron chi connectivity index (χ1n) is 7.84. The van der Waals surface area contributed by atoms with Crippen LogP contribution in [0.5, 0.6) is 0 Å². The Morgan fingerprint density at radius 3 is 2.24 bits per heavy atom. The number of amides is 1. The highest BCUT2D eigenvalue weighted by molar-refractivity contribution is 5.75. The Morgan fingerprint density at radius 1 is 1.19 bits per heavy atom. The van der Waals surface area contributed by atoms with Crippen LogP contribution in [0.15, 0.2) is 4.99 Å². The lowest BCUT2D eigenvalue weighted by Crippen LogP contribution is -2.44. The maximum absolute atomic E-state index is 12.4. The molecule has 0 radical (unpaired) electrons. The zero-order valence-electron chi connectivity index (χ0n) is 13.6. The summed E-state index contributed by atoms with van der Waals surface area (Å²) in [5.41, 5.74) is 10.2. The van der Waals surface area contributed by atoms with Crippen molar-refractivity contribution in [3.05, 3.63) is 0 Å². The van der Waals surface area contributed by atoms with Crippen molar-refractivity contribution in [2.75, 3.05) is 13.1 Å². The van der Waals surface area contributed by atoms with Crippen LogP contribution in [-0.2, 0) is 4.74 Å². The molecule has 1 aliphatic rings. The predicted octanol–water partition coefficient (Wildman–Crippen LogP) is 2.22. The van der Waals surface area contributed by atoms with E-state index in [-0.39, 0.29) is 18.1 Å². The van der Waals surface area contributed by atoms with Crippen molar-refractivity contribution in [2.24, 2.45) is 16.5 Å². The van der Waals surface area contributed by atoms with E-state index in [2.05, 4.69) is 4.99 Å². The van der Waals surface area contributed by atoms with Gasteiger partial charge in [0.05, 0.1) is 6.54 Å². The molecular formula is C15H30N4O2. The number of nitrogens with two attached hydrogens (primary N) is 2. The van der Waals surface area contributed by atoms with E-state index in [0.29, 0.717) is 13.1 Å². The van der Waals surface area contributed by atoms with Crippen LogP contribution in [0.3, 0.4) is 0 Å². The van der Waals surface area contributed by atoms with Crippen LogP contribution in [0.2, 0.25) is 0 Å². The first kappa shape index (κ1) is 17.6. The number of ether oxygens (including phenoxy) is 1. The number of carbonyl (C=O) groups is 1. The minimum absolute atomic E-state index is 0.0556. The minimum atomic E-state index is -0.490. The van der Waals surface area contributed by atoms with E-state index in [1.54, 1.807) is 0 Å². The minimum Gasteiger partial charge on any atom is -0.444 e. The summed E-state index contributed by atoms with van der Waals surface area (Å²) in [6.45, 7) is 6.56. The molecule has 1 saturated carbocycles. The fourth-order valence-electron chi connectivity index (χ4n) is 2.60. The van der Waals surface area contributed by atoms with E-state index >= 15 is 0 Å². The van der Waals surface area contributed by atoms with Crippen molar-refractivity contribution in [3.63, 3.8) is 0 Å². The van der Waals surface area contributed by atoms with E-state index < -0.39 is 5.60 Å². The lowest BCUT2D eigenvalue weighted by Gasteiger charge is -2.33. The summed E-state index contributed by atoms with van der Waals surface area (Å²) in [7, 11) is 0. The summed E-state index contributed by atoms with van der Waals surface area (Å²) >= 11 is 0. The van der Waals surface area contributed by atoms with E-state index in [9.17, 15) is 4.79 Å².